The third-order valence-electron chi connectivity index (χ3n) is 3.10. The molecular formula is C12H19ClN2O3S. The van der Waals surface area contributed by atoms with Crippen molar-refractivity contribution >= 4 is 27.3 Å². The fraction of sp³-hybridized carbons (Fsp3) is 0.500. The van der Waals surface area contributed by atoms with Crippen LogP contribution in [-0.4, -0.2) is 25.7 Å². The van der Waals surface area contributed by atoms with Gasteiger partial charge < -0.3 is 10.8 Å². The lowest BCUT2D eigenvalue weighted by molar-refractivity contribution is 0.233. The highest BCUT2D eigenvalue weighted by Crippen LogP contribution is 2.24. The Hall–Kier alpha value is -0.820. The number of nitrogen functional groups attached to an aromatic ring is 1. The highest BCUT2D eigenvalue weighted by molar-refractivity contribution is 7.89. The molecule has 19 heavy (non-hydrogen) atoms. The summed E-state index contributed by atoms with van der Waals surface area (Å²) in [6.45, 7) is 3.52. The molecule has 0 heterocycles. The number of hydrogen-bond donors (Lipinski definition) is 3. The Morgan fingerprint density at radius 1 is 1.47 bits per heavy atom. The van der Waals surface area contributed by atoms with Crippen molar-refractivity contribution in [3.63, 3.8) is 0 Å². The fourth-order valence-corrected chi connectivity index (χ4v) is 3.28. The maximum Gasteiger partial charge on any atom is 0.241 e. The van der Waals surface area contributed by atoms with E-state index >= 15 is 0 Å². The van der Waals surface area contributed by atoms with Crippen LogP contribution in [0.15, 0.2) is 23.1 Å². The van der Waals surface area contributed by atoms with E-state index in [-0.39, 0.29) is 17.2 Å². The molecule has 108 valence electrons. The molecule has 5 nitrogen and oxygen atoms in total. The molecule has 0 aliphatic rings. The monoisotopic (exact) mass is 306 g/mol. The molecule has 0 saturated heterocycles. The molecule has 4 N–H and O–H groups in total. The molecule has 0 spiro atoms. The van der Waals surface area contributed by atoms with E-state index in [1.54, 1.807) is 6.92 Å². The number of benzene rings is 1. The molecule has 1 aromatic carbocycles. The predicted octanol–water partition coefficient (Wildman–Crippen LogP) is 1.75. The largest absolute Gasteiger partial charge is 0.397 e. The Labute approximate surface area is 118 Å². The lowest BCUT2D eigenvalue weighted by Gasteiger charge is -2.28. The van der Waals surface area contributed by atoms with Gasteiger partial charge in [-0.15, -0.1) is 0 Å². The van der Waals surface area contributed by atoms with E-state index in [4.69, 9.17) is 22.4 Å². The highest BCUT2D eigenvalue weighted by atomic mass is 35.5. The maximum absolute atomic E-state index is 12.3. The fourth-order valence-electron chi connectivity index (χ4n) is 1.62. The van der Waals surface area contributed by atoms with Gasteiger partial charge in [-0.3, -0.25) is 0 Å². The zero-order valence-corrected chi connectivity index (χ0v) is 12.6. The Kier molecular flexibility index (Phi) is 5.20. The molecule has 0 saturated carbocycles. The minimum Gasteiger partial charge on any atom is -0.397 e. The second-order valence-electron chi connectivity index (χ2n) is 4.68. The molecule has 0 aromatic heterocycles. The Balaban J connectivity index is 3.07. The van der Waals surface area contributed by atoms with E-state index in [0.717, 1.165) is 0 Å². The van der Waals surface area contributed by atoms with Crippen molar-refractivity contribution in [2.75, 3.05) is 12.3 Å². The third-order valence-corrected chi connectivity index (χ3v) is 5.08. The second kappa shape index (κ2) is 6.09. The van der Waals surface area contributed by atoms with Gasteiger partial charge in [0.25, 0.3) is 0 Å². The molecule has 0 aliphatic carbocycles. The summed E-state index contributed by atoms with van der Waals surface area (Å²) in [6.07, 6.45) is 0.904. The average Bonchev–Trinajstić information content (AvgIpc) is 2.32. The molecular weight excluding hydrogens is 288 g/mol. The maximum atomic E-state index is 12.3. The van der Waals surface area contributed by atoms with Gasteiger partial charge in [-0.05, 0) is 38.0 Å². The van der Waals surface area contributed by atoms with E-state index < -0.39 is 15.6 Å². The average molecular weight is 307 g/mol. The zero-order valence-electron chi connectivity index (χ0n) is 11.0. The normalized spacial score (nSPS) is 15.2. The molecule has 0 bridgehead atoms. The van der Waals surface area contributed by atoms with Gasteiger partial charge in [-0.1, -0.05) is 18.5 Å². The number of nitrogens with two attached hydrogens (primary N) is 1. The Bertz CT molecular complexity index is 548. The van der Waals surface area contributed by atoms with Gasteiger partial charge in [-0.2, -0.15) is 0 Å². The van der Waals surface area contributed by atoms with Gasteiger partial charge in [0.05, 0.1) is 15.6 Å². The van der Waals surface area contributed by atoms with Gasteiger partial charge in [0, 0.05) is 12.1 Å². The summed E-state index contributed by atoms with van der Waals surface area (Å²) in [4.78, 5) is 0.0621. The van der Waals surface area contributed by atoms with Crippen LogP contribution in [-0.2, 0) is 10.0 Å². The number of nitrogens with one attached hydrogen (secondary N) is 1. The van der Waals surface area contributed by atoms with E-state index in [1.807, 2.05) is 6.92 Å². The first-order chi connectivity index (χ1) is 8.74. The summed E-state index contributed by atoms with van der Waals surface area (Å²) in [5, 5.41) is 9.32. The van der Waals surface area contributed by atoms with Crippen LogP contribution < -0.4 is 10.5 Å². The van der Waals surface area contributed by atoms with Crippen molar-refractivity contribution in [1.29, 1.82) is 0 Å². The summed E-state index contributed by atoms with van der Waals surface area (Å²) < 4.78 is 27.1. The number of halogens is 1. The van der Waals surface area contributed by atoms with E-state index in [9.17, 15) is 8.42 Å². The lowest BCUT2D eigenvalue weighted by Crippen LogP contribution is -2.46. The van der Waals surface area contributed by atoms with Crippen molar-refractivity contribution in [3.8, 4) is 0 Å². The van der Waals surface area contributed by atoms with Crippen molar-refractivity contribution in [1.82, 2.24) is 4.72 Å². The number of rotatable bonds is 6. The summed E-state index contributed by atoms with van der Waals surface area (Å²) in [5.41, 5.74) is 5.13. The quantitative estimate of drug-likeness (QED) is 0.698. The second-order valence-corrected chi connectivity index (χ2v) is 6.77. The molecule has 7 heteroatoms. The number of sulfonamides is 1. The van der Waals surface area contributed by atoms with Crippen molar-refractivity contribution in [2.45, 2.75) is 37.1 Å². The topological polar surface area (TPSA) is 92.4 Å². The highest BCUT2D eigenvalue weighted by Gasteiger charge is 2.28. The van der Waals surface area contributed by atoms with Crippen LogP contribution in [0.25, 0.3) is 0 Å². The van der Waals surface area contributed by atoms with Crippen molar-refractivity contribution < 1.29 is 13.5 Å². The SMILES string of the molecule is CCC(C)(CCO)NS(=O)(=O)c1ccc(Cl)c(N)c1. The lowest BCUT2D eigenvalue weighted by atomic mass is 9.97. The molecule has 0 fully saturated rings. The van der Waals surface area contributed by atoms with Crippen LogP contribution in [0, 0.1) is 0 Å². The summed E-state index contributed by atoms with van der Waals surface area (Å²) >= 11 is 5.77. The summed E-state index contributed by atoms with van der Waals surface area (Å²) in [5.74, 6) is 0. The molecule has 1 rings (SSSR count). The van der Waals surface area contributed by atoms with E-state index in [0.29, 0.717) is 17.9 Å². The van der Waals surface area contributed by atoms with E-state index in [2.05, 4.69) is 4.72 Å². The first-order valence-corrected chi connectivity index (χ1v) is 7.80. The smallest absolute Gasteiger partial charge is 0.241 e. The van der Waals surface area contributed by atoms with Crippen molar-refractivity contribution in [3.05, 3.63) is 23.2 Å². The van der Waals surface area contributed by atoms with Crippen molar-refractivity contribution in [2.24, 2.45) is 0 Å². The van der Waals surface area contributed by atoms with Crippen LogP contribution in [0.5, 0.6) is 0 Å². The van der Waals surface area contributed by atoms with Crippen LogP contribution in [0.4, 0.5) is 5.69 Å². The molecule has 0 aliphatic heterocycles. The number of aliphatic hydroxyl groups is 1. The first kappa shape index (κ1) is 16.2. The Morgan fingerprint density at radius 2 is 2.11 bits per heavy atom. The Morgan fingerprint density at radius 3 is 2.58 bits per heavy atom. The van der Waals surface area contributed by atoms with Gasteiger partial charge in [-0.25, -0.2) is 13.1 Å². The minimum atomic E-state index is -3.69. The zero-order chi connectivity index (χ0) is 14.7. The molecule has 1 unspecified atom stereocenters. The van der Waals surface area contributed by atoms with Gasteiger partial charge in [0.15, 0.2) is 0 Å². The van der Waals surface area contributed by atoms with Crippen LogP contribution in [0.3, 0.4) is 0 Å². The third kappa shape index (κ3) is 4.07. The minimum absolute atomic E-state index is 0.0621. The van der Waals surface area contributed by atoms with Gasteiger partial charge in [0.2, 0.25) is 10.0 Å². The summed E-state index contributed by atoms with van der Waals surface area (Å²) in [6, 6.07) is 4.16. The summed E-state index contributed by atoms with van der Waals surface area (Å²) in [7, 11) is -3.69. The first-order valence-electron chi connectivity index (χ1n) is 5.94. The molecule has 1 aromatic rings. The van der Waals surface area contributed by atoms with Gasteiger partial charge >= 0.3 is 0 Å². The number of anilines is 1. The van der Waals surface area contributed by atoms with Gasteiger partial charge in [0.1, 0.15) is 0 Å². The van der Waals surface area contributed by atoms with Crippen LogP contribution >= 0.6 is 11.6 Å². The standard InChI is InChI=1S/C12H19ClN2O3S/c1-3-12(2,6-7-16)15-19(17,18)9-4-5-10(13)11(14)8-9/h4-5,8,15-16H,3,6-7,14H2,1-2H3. The van der Waals surface area contributed by atoms with Crippen LogP contribution in [0.2, 0.25) is 5.02 Å². The molecule has 0 radical (unpaired) electrons. The molecule has 1 atom stereocenters. The predicted molar refractivity (Wildman–Crippen MR) is 76.6 cm³/mol. The number of hydrogen-bond acceptors (Lipinski definition) is 4. The van der Waals surface area contributed by atoms with E-state index in [1.165, 1.54) is 18.2 Å². The molecule has 0 amide bonds. The van der Waals surface area contributed by atoms with Crippen LogP contribution in [0.1, 0.15) is 26.7 Å². The number of aliphatic hydroxyl groups excluding tert-OH is 1.